The topological polar surface area (TPSA) is 79.2 Å². The van der Waals surface area contributed by atoms with Crippen LogP contribution < -0.4 is 10.2 Å². The fourth-order valence-electron chi connectivity index (χ4n) is 3.60. The molecule has 0 radical (unpaired) electrons. The maximum Gasteiger partial charge on any atom is 0.325 e. The Bertz CT molecular complexity index is 1110. The van der Waals surface area contributed by atoms with E-state index < -0.39 is 0 Å². The summed E-state index contributed by atoms with van der Waals surface area (Å²) in [5.41, 5.74) is 1.55. The van der Waals surface area contributed by atoms with Crippen LogP contribution in [0.5, 0.6) is 0 Å². The second-order valence-electron chi connectivity index (χ2n) is 7.60. The van der Waals surface area contributed by atoms with E-state index in [0.29, 0.717) is 29.9 Å². The minimum atomic E-state index is -0.300. The van der Waals surface area contributed by atoms with Gasteiger partial charge >= 0.3 is 6.03 Å². The normalized spacial score (nSPS) is 17.5. The molecule has 10 heteroatoms. The van der Waals surface area contributed by atoms with Gasteiger partial charge in [-0.25, -0.2) is 14.8 Å². The first kappa shape index (κ1) is 19.3. The summed E-state index contributed by atoms with van der Waals surface area (Å²) in [7, 11) is 1.79. The SMILES string of the molecule is CN1CCN(c2ccnc(NC3(c4cn(-c5cc(Cl)cc(Br)c5)cn4)CC3)n2)C1=O. The molecule has 1 aliphatic heterocycles. The van der Waals surface area contributed by atoms with E-state index in [-0.39, 0.29) is 11.6 Å². The number of likely N-dealkylation sites (N-methyl/N-ethyl adjacent to an activating group) is 1. The number of nitrogens with one attached hydrogen (secondary N) is 1. The van der Waals surface area contributed by atoms with Crippen LogP contribution in [0.2, 0.25) is 5.02 Å². The fourth-order valence-corrected chi connectivity index (χ4v) is 4.45. The van der Waals surface area contributed by atoms with Crippen LogP contribution in [0.1, 0.15) is 18.5 Å². The molecule has 0 atom stereocenters. The van der Waals surface area contributed by atoms with Crippen LogP contribution in [-0.2, 0) is 5.54 Å². The van der Waals surface area contributed by atoms with E-state index in [0.717, 1.165) is 28.7 Å². The third-order valence-electron chi connectivity index (χ3n) is 5.45. The predicted molar refractivity (Wildman–Crippen MR) is 118 cm³/mol. The summed E-state index contributed by atoms with van der Waals surface area (Å²) in [6.07, 6.45) is 7.32. The van der Waals surface area contributed by atoms with Crippen LogP contribution in [0, 0.1) is 0 Å². The second-order valence-corrected chi connectivity index (χ2v) is 8.95. The van der Waals surface area contributed by atoms with Crippen molar-refractivity contribution in [3.63, 3.8) is 0 Å². The summed E-state index contributed by atoms with van der Waals surface area (Å²) in [6.45, 7) is 1.31. The Kier molecular flexibility index (Phi) is 4.67. The van der Waals surface area contributed by atoms with Crippen molar-refractivity contribution in [2.24, 2.45) is 0 Å². The van der Waals surface area contributed by atoms with Crippen molar-refractivity contribution in [3.05, 3.63) is 58.2 Å². The molecule has 0 unspecified atom stereocenters. The van der Waals surface area contributed by atoms with Crippen molar-refractivity contribution in [1.29, 1.82) is 0 Å². The number of nitrogens with zero attached hydrogens (tertiary/aromatic N) is 6. The Morgan fingerprint density at radius 3 is 2.73 bits per heavy atom. The van der Waals surface area contributed by atoms with Crippen LogP contribution in [0.3, 0.4) is 0 Å². The first-order valence-corrected chi connectivity index (χ1v) is 10.8. The van der Waals surface area contributed by atoms with Gasteiger partial charge in [0, 0.05) is 47.7 Å². The van der Waals surface area contributed by atoms with Crippen LogP contribution in [0.4, 0.5) is 16.6 Å². The molecule has 2 aliphatic rings. The zero-order valence-corrected chi connectivity index (χ0v) is 18.6. The molecule has 3 aromatic rings. The van der Waals surface area contributed by atoms with E-state index in [1.165, 1.54) is 0 Å². The molecule has 30 heavy (non-hydrogen) atoms. The quantitative estimate of drug-likeness (QED) is 0.586. The summed E-state index contributed by atoms with van der Waals surface area (Å²) < 4.78 is 2.86. The molecule has 2 aromatic heterocycles. The molecular formula is C20H19BrClN7O. The van der Waals surface area contributed by atoms with Crippen molar-refractivity contribution in [2.75, 3.05) is 30.4 Å². The van der Waals surface area contributed by atoms with Gasteiger partial charge in [0.25, 0.3) is 0 Å². The highest BCUT2D eigenvalue weighted by Gasteiger charge is 2.47. The lowest BCUT2D eigenvalue weighted by atomic mass is 10.2. The summed E-state index contributed by atoms with van der Waals surface area (Å²) in [6, 6.07) is 7.43. The molecule has 0 bridgehead atoms. The summed E-state index contributed by atoms with van der Waals surface area (Å²) in [5, 5.41) is 4.09. The van der Waals surface area contributed by atoms with Gasteiger partial charge in [-0.1, -0.05) is 27.5 Å². The molecule has 2 amide bonds. The number of hydrogen-bond donors (Lipinski definition) is 1. The Balaban J connectivity index is 1.38. The second kappa shape index (κ2) is 7.24. The Morgan fingerprint density at radius 2 is 2.03 bits per heavy atom. The first-order valence-electron chi connectivity index (χ1n) is 9.58. The molecule has 1 N–H and O–H groups in total. The number of imidazole rings is 1. The van der Waals surface area contributed by atoms with Crippen LogP contribution in [0.25, 0.3) is 5.69 Å². The minimum absolute atomic E-state index is 0.0489. The van der Waals surface area contributed by atoms with Crippen molar-refractivity contribution in [3.8, 4) is 5.69 Å². The Hall–Kier alpha value is -2.65. The fraction of sp³-hybridized carbons (Fsp3) is 0.300. The van der Waals surface area contributed by atoms with E-state index in [4.69, 9.17) is 11.6 Å². The molecule has 1 saturated carbocycles. The zero-order chi connectivity index (χ0) is 20.9. The van der Waals surface area contributed by atoms with Gasteiger partial charge in [0.05, 0.1) is 17.6 Å². The minimum Gasteiger partial charge on any atom is -0.343 e. The molecular weight excluding hydrogens is 470 g/mol. The summed E-state index contributed by atoms with van der Waals surface area (Å²) in [4.78, 5) is 29.2. The molecule has 154 valence electrons. The number of rotatable bonds is 5. The summed E-state index contributed by atoms with van der Waals surface area (Å²) in [5.74, 6) is 1.10. The number of hydrogen-bond acceptors (Lipinski definition) is 5. The molecule has 8 nitrogen and oxygen atoms in total. The number of carbonyl (C=O) groups is 1. The van der Waals surface area contributed by atoms with Gasteiger partial charge in [-0.3, -0.25) is 4.90 Å². The van der Waals surface area contributed by atoms with Gasteiger partial charge in [0.15, 0.2) is 0 Å². The van der Waals surface area contributed by atoms with E-state index >= 15 is 0 Å². The van der Waals surface area contributed by atoms with Gasteiger partial charge in [0.2, 0.25) is 5.95 Å². The maximum absolute atomic E-state index is 12.3. The number of amides is 2. The first-order chi connectivity index (χ1) is 14.4. The average molecular weight is 489 g/mol. The molecule has 1 saturated heterocycles. The molecule has 1 aromatic carbocycles. The van der Waals surface area contributed by atoms with Crippen molar-refractivity contribution in [2.45, 2.75) is 18.4 Å². The van der Waals surface area contributed by atoms with E-state index in [2.05, 4.69) is 36.2 Å². The summed E-state index contributed by atoms with van der Waals surface area (Å²) >= 11 is 9.66. The van der Waals surface area contributed by atoms with Crippen LogP contribution >= 0.6 is 27.5 Å². The average Bonchev–Trinajstić information content (AvgIpc) is 3.17. The lowest BCUT2D eigenvalue weighted by Crippen LogP contribution is -2.30. The predicted octanol–water partition coefficient (Wildman–Crippen LogP) is 4.05. The van der Waals surface area contributed by atoms with Crippen LogP contribution in [-0.4, -0.2) is 50.6 Å². The number of benzene rings is 1. The van der Waals surface area contributed by atoms with Gasteiger partial charge in [-0.05, 0) is 37.1 Å². The number of halogens is 2. The zero-order valence-electron chi connectivity index (χ0n) is 16.2. The number of aromatic nitrogens is 4. The Morgan fingerprint density at radius 1 is 1.20 bits per heavy atom. The van der Waals surface area contributed by atoms with E-state index in [1.807, 2.05) is 29.0 Å². The standard InChI is InChI=1S/C20H19BrClN7O/c1-27-6-7-29(19(27)30)17-2-5-23-18(25-17)26-20(3-4-20)16-11-28(12-24-16)15-9-13(21)8-14(22)10-15/h2,5,8-12H,3-4,6-7H2,1H3,(H,23,25,26). The van der Waals surface area contributed by atoms with Gasteiger partial charge in [-0.2, -0.15) is 4.98 Å². The van der Waals surface area contributed by atoms with E-state index in [1.54, 1.807) is 35.4 Å². The van der Waals surface area contributed by atoms with Crippen molar-refractivity contribution in [1.82, 2.24) is 24.4 Å². The number of anilines is 2. The highest BCUT2D eigenvalue weighted by molar-refractivity contribution is 9.10. The molecule has 2 fully saturated rings. The third kappa shape index (κ3) is 3.52. The smallest absolute Gasteiger partial charge is 0.325 e. The lowest BCUT2D eigenvalue weighted by molar-refractivity contribution is 0.229. The van der Waals surface area contributed by atoms with Crippen molar-refractivity contribution < 1.29 is 4.79 Å². The van der Waals surface area contributed by atoms with Gasteiger partial charge < -0.3 is 14.8 Å². The number of urea groups is 1. The highest BCUT2D eigenvalue weighted by Crippen LogP contribution is 2.47. The van der Waals surface area contributed by atoms with E-state index in [9.17, 15) is 4.79 Å². The van der Waals surface area contributed by atoms with Crippen LogP contribution in [0.15, 0.2) is 47.5 Å². The third-order valence-corrected chi connectivity index (χ3v) is 6.13. The Labute approximate surface area is 187 Å². The van der Waals surface area contributed by atoms with Crippen molar-refractivity contribution >= 4 is 45.3 Å². The largest absolute Gasteiger partial charge is 0.343 e. The van der Waals surface area contributed by atoms with Gasteiger partial charge in [-0.15, -0.1) is 0 Å². The molecule has 0 spiro atoms. The monoisotopic (exact) mass is 487 g/mol. The lowest BCUT2D eigenvalue weighted by Gasteiger charge is -2.18. The van der Waals surface area contributed by atoms with Gasteiger partial charge in [0.1, 0.15) is 5.82 Å². The number of carbonyl (C=O) groups excluding carboxylic acids is 1. The molecule has 5 rings (SSSR count). The molecule has 1 aliphatic carbocycles. The maximum atomic E-state index is 12.3. The highest BCUT2D eigenvalue weighted by atomic mass is 79.9. The molecule has 3 heterocycles.